The number of carbonyl (C=O) groups is 1. The first-order chi connectivity index (χ1) is 14.5. The lowest BCUT2D eigenvalue weighted by Crippen LogP contribution is -2.26. The second-order valence-electron chi connectivity index (χ2n) is 8.03. The minimum absolute atomic E-state index is 0.00463. The average molecular weight is 463 g/mol. The molecule has 2 aromatic rings. The molecule has 4 nitrogen and oxygen atoms in total. The van der Waals surface area contributed by atoms with E-state index in [1.165, 1.54) is 29.7 Å². The highest BCUT2D eigenvalue weighted by molar-refractivity contribution is 6.38. The molecule has 1 aliphatic rings. The van der Waals surface area contributed by atoms with Crippen LogP contribution in [-0.4, -0.2) is 39.8 Å². The van der Waals surface area contributed by atoms with E-state index in [-0.39, 0.29) is 18.1 Å². The first-order valence-corrected chi connectivity index (χ1v) is 11.1. The van der Waals surface area contributed by atoms with Crippen molar-refractivity contribution in [1.29, 1.82) is 0 Å². The number of halogens is 2. The van der Waals surface area contributed by atoms with Crippen LogP contribution in [0.5, 0.6) is 0 Å². The number of hydrogen-bond acceptors (Lipinski definition) is 2. The van der Waals surface area contributed by atoms with Crippen LogP contribution in [0.25, 0.3) is 0 Å². The molecule has 2 aromatic carbocycles. The van der Waals surface area contributed by atoms with Gasteiger partial charge in [-0.3, -0.25) is 4.79 Å². The van der Waals surface area contributed by atoms with Crippen molar-refractivity contribution in [2.75, 3.05) is 7.11 Å². The summed E-state index contributed by atoms with van der Waals surface area (Å²) >= 11 is 13.1. The number of ether oxygens (including phenoxy) is 1. The van der Waals surface area contributed by atoms with Crippen molar-refractivity contribution in [2.24, 2.45) is 5.92 Å². The molecule has 0 radical (unpaired) electrons. The van der Waals surface area contributed by atoms with Gasteiger partial charge < -0.3 is 4.74 Å². The normalized spacial score (nSPS) is 14.2. The van der Waals surface area contributed by atoms with Gasteiger partial charge in [0.25, 0.3) is 11.4 Å². The summed E-state index contributed by atoms with van der Waals surface area (Å²) in [6.45, 7) is 14.3. The van der Waals surface area contributed by atoms with Gasteiger partial charge in [0, 0.05) is 25.0 Å². The number of carbonyl (C=O) groups excluding carboxylic acids is 1. The fourth-order valence-electron chi connectivity index (χ4n) is 3.83. The third-order valence-electron chi connectivity index (χ3n) is 5.53. The Morgan fingerprint density at radius 2 is 1.26 bits per heavy atom. The molecule has 1 aliphatic heterocycles. The summed E-state index contributed by atoms with van der Waals surface area (Å²) in [5.41, 5.74) is 6.85. The number of rotatable bonds is 3. The molecule has 3 rings (SSSR count). The molecule has 0 atom stereocenters. The summed E-state index contributed by atoms with van der Waals surface area (Å²) < 4.78 is 8.98. The first-order valence-electron chi connectivity index (χ1n) is 10.4. The molecular weight excluding hydrogens is 431 g/mol. The Kier molecular flexibility index (Phi) is 8.44. The third-order valence-corrected chi connectivity index (χ3v) is 6.14. The number of para-hydroxylation sites is 2. The molecule has 0 amide bonds. The minimum atomic E-state index is -0.153. The van der Waals surface area contributed by atoms with E-state index < -0.39 is 0 Å². The van der Waals surface area contributed by atoms with E-state index in [0.717, 1.165) is 21.4 Å². The molecule has 6 heteroatoms. The first kappa shape index (κ1) is 25.1. The Morgan fingerprint density at radius 3 is 1.52 bits per heavy atom. The lowest BCUT2D eigenvalue weighted by atomic mass is 10.1. The lowest BCUT2D eigenvalue weighted by Gasteiger charge is -2.11. The zero-order valence-corrected chi connectivity index (χ0v) is 21.1. The monoisotopic (exact) mass is 462 g/mol. The molecule has 0 bridgehead atoms. The van der Waals surface area contributed by atoms with E-state index in [0.29, 0.717) is 0 Å². The van der Waals surface area contributed by atoms with Crippen LogP contribution in [0.15, 0.2) is 36.4 Å². The summed E-state index contributed by atoms with van der Waals surface area (Å²) in [4.78, 5) is 10.3. The van der Waals surface area contributed by atoms with E-state index in [4.69, 9.17) is 23.2 Å². The highest BCUT2D eigenvalue weighted by Crippen LogP contribution is 2.36. The smallest absolute Gasteiger partial charge is 0.351 e. The predicted molar refractivity (Wildman–Crippen MR) is 130 cm³/mol. The Hall–Kier alpha value is -2.17. The molecule has 1 heterocycles. The van der Waals surface area contributed by atoms with Crippen LogP contribution in [0, 0.1) is 19.8 Å². The van der Waals surface area contributed by atoms with Crippen LogP contribution < -0.4 is 0 Å². The molecule has 0 aromatic heterocycles. The molecule has 0 fully saturated rings. The quantitative estimate of drug-likeness (QED) is 0.375. The van der Waals surface area contributed by atoms with Crippen LogP contribution in [-0.2, 0) is 9.53 Å². The summed E-state index contributed by atoms with van der Waals surface area (Å²) in [5.74, 6) is -0.148. The zero-order chi connectivity index (χ0) is 23.5. The molecular formula is C25H32Cl2N2O2+2. The van der Waals surface area contributed by atoms with Gasteiger partial charge in [-0.05, 0) is 26.0 Å². The number of esters is 1. The van der Waals surface area contributed by atoms with Gasteiger partial charge in [-0.25, -0.2) is 0 Å². The van der Waals surface area contributed by atoms with Crippen molar-refractivity contribution in [3.8, 4) is 0 Å². The van der Waals surface area contributed by atoms with Crippen molar-refractivity contribution in [1.82, 2.24) is 0 Å². The number of benzene rings is 2. The van der Waals surface area contributed by atoms with Crippen LogP contribution >= 0.6 is 23.2 Å². The van der Waals surface area contributed by atoms with Crippen LogP contribution in [0.3, 0.4) is 0 Å². The lowest BCUT2D eigenvalue weighted by molar-refractivity contribution is -0.688. The van der Waals surface area contributed by atoms with Gasteiger partial charge in [0.1, 0.15) is 10.0 Å². The second-order valence-corrected chi connectivity index (χ2v) is 8.85. The largest absolute Gasteiger partial charge is 0.469 e. The van der Waals surface area contributed by atoms with Gasteiger partial charge in [0.05, 0.1) is 20.0 Å². The molecule has 0 saturated carbocycles. The Morgan fingerprint density at radius 1 is 0.871 bits per heavy atom. The van der Waals surface area contributed by atoms with Crippen molar-refractivity contribution in [3.05, 3.63) is 57.6 Å². The van der Waals surface area contributed by atoms with Gasteiger partial charge in [0.15, 0.2) is 0 Å². The predicted octanol–water partition coefficient (Wildman–Crippen LogP) is 6.70. The summed E-state index contributed by atoms with van der Waals surface area (Å²) in [5, 5.41) is 1.54. The van der Waals surface area contributed by atoms with E-state index >= 15 is 0 Å². The van der Waals surface area contributed by atoms with Gasteiger partial charge >= 0.3 is 12.1 Å². The average Bonchev–Trinajstić information content (AvgIpc) is 2.92. The second kappa shape index (κ2) is 10.4. The molecule has 0 saturated heterocycles. The highest BCUT2D eigenvalue weighted by Gasteiger charge is 2.45. The fourth-order valence-corrected chi connectivity index (χ4v) is 4.45. The molecule has 0 spiro atoms. The SMILES string of the molecule is CC1=[N+](c2c(C)cccc2Cl)C(C)[N+](c2c(C)cccc2Cl)=C1C.COC(=O)C(C)C. The third kappa shape index (κ3) is 5.19. The van der Waals surface area contributed by atoms with Crippen molar-refractivity contribution < 1.29 is 18.7 Å². The summed E-state index contributed by atoms with van der Waals surface area (Å²) in [6, 6.07) is 12.1. The molecule has 0 aliphatic carbocycles. The van der Waals surface area contributed by atoms with Crippen molar-refractivity contribution in [2.45, 2.75) is 54.6 Å². The van der Waals surface area contributed by atoms with Crippen LogP contribution in [0.4, 0.5) is 11.4 Å². The number of nitrogens with zero attached hydrogens (tertiary/aromatic N) is 2. The Balaban J connectivity index is 0.000000423. The molecule has 0 N–H and O–H groups in total. The maximum absolute atomic E-state index is 10.3. The van der Waals surface area contributed by atoms with Gasteiger partial charge in [0.2, 0.25) is 11.4 Å². The Bertz CT molecular complexity index is 941. The van der Waals surface area contributed by atoms with Gasteiger partial charge in [-0.1, -0.05) is 61.3 Å². The minimum Gasteiger partial charge on any atom is -0.469 e. The van der Waals surface area contributed by atoms with Gasteiger partial charge in [-0.15, -0.1) is 9.15 Å². The van der Waals surface area contributed by atoms with Crippen LogP contribution in [0.2, 0.25) is 10.0 Å². The zero-order valence-electron chi connectivity index (χ0n) is 19.6. The number of hydrogen-bond donors (Lipinski definition) is 0. The number of aryl methyl sites for hydroxylation is 2. The van der Waals surface area contributed by atoms with E-state index in [1.54, 1.807) is 13.8 Å². The molecule has 166 valence electrons. The van der Waals surface area contributed by atoms with Crippen molar-refractivity contribution >= 4 is 52.0 Å². The topological polar surface area (TPSA) is 32.3 Å². The summed E-state index contributed by atoms with van der Waals surface area (Å²) in [6.07, 6.45) is 0.0993. The maximum atomic E-state index is 10.3. The van der Waals surface area contributed by atoms with E-state index in [2.05, 4.69) is 60.6 Å². The van der Waals surface area contributed by atoms with Gasteiger partial charge in [-0.2, -0.15) is 0 Å². The molecule has 0 unspecified atom stereocenters. The summed E-state index contributed by atoms with van der Waals surface area (Å²) in [7, 11) is 1.39. The number of methoxy groups -OCH3 is 1. The highest BCUT2D eigenvalue weighted by atomic mass is 35.5. The van der Waals surface area contributed by atoms with Crippen LogP contribution in [0.1, 0.15) is 45.7 Å². The standard InChI is InChI=1S/C20H22Cl2N2.C5H10O2/c1-12-8-6-10-17(21)19(12)23-14(3)15(4)24(16(23)5)20-13(2)9-7-11-18(20)22;1-4(2)5(6)7-3/h6-11,16H,1-5H3;4H,1-3H3/q+2;. The van der Waals surface area contributed by atoms with Crippen molar-refractivity contribution in [3.63, 3.8) is 0 Å². The maximum Gasteiger partial charge on any atom is 0.351 e. The van der Waals surface area contributed by atoms with E-state index in [1.807, 2.05) is 24.3 Å². The van der Waals surface area contributed by atoms with E-state index in [9.17, 15) is 4.79 Å². The molecule has 31 heavy (non-hydrogen) atoms. The Labute approximate surface area is 195 Å². The fraction of sp³-hybridized carbons (Fsp3) is 0.400.